The molecule has 0 aliphatic carbocycles. The lowest BCUT2D eigenvalue weighted by Crippen LogP contribution is -2.47. The number of nitrogens with one attached hydrogen (secondary N) is 1. The lowest BCUT2D eigenvalue weighted by Gasteiger charge is -2.27. The number of unbranched alkanes of at least 4 members (excludes halogenated alkanes) is 40. The van der Waals surface area contributed by atoms with E-state index in [2.05, 4.69) is 26.1 Å². The average molecular weight is 1010 g/mol. The lowest BCUT2D eigenvalue weighted by atomic mass is 10.0. The molecule has 1 amide bonds. The van der Waals surface area contributed by atoms with E-state index in [-0.39, 0.29) is 25.1 Å². The molecular formula is C60H120N2O7P+. The van der Waals surface area contributed by atoms with Gasteiger partial charge in [0.15, 0.2) is 0 Å². The molecule has 0 bridgehead atoms. The van der Waals surface area contributed by atoms with Crippen LogP contribution < -0.4 is 5.32 Å². The van der Waals surface area contributed by atoms with Gasteiger partial charge in [-0.2, -0.15) is 0 Å². The van der Waals surface area contributed by atoms with Crippen LogP contribution in [0.1, 0.15) is 310 Å². The zero-order chi connectivity index (χ0) is 51.5. The molecule has 0 aromatic carbocycles. The third-order valence-corrected chi connectivity index (χ3v) is 15.0. The van der Waals surface area contributed by atoms with E-state index in [1.54, 1.807) is 0 Å². The minimum Gasteiger partial charge on any atom is -0.456 e. The number of esters is 1. The number of rotatable bonds is 56. The minimum absolute atomic E-state index is 0.0457. The molecule has 0 fully saturated rings. The van der Waals surface area contributed by atoms with Crippen molar-refractivity contribution >= 4 is 19.7 Å². The van der Waals surface area contributed by atoms with E-state index in [0.717, 1.165) is 57.8 Å². The average Bonchev–Trinajstić information content (AvgIpc) is 3.32. The molecule has 0 saturated heterocycles. The first-order valence-corrected chi connectivity index (χ1v) is 32.0. The number of allylic oxidation sites excluding steroid dienone is 1. The Balaban J connectivity index is 5.28. The quantitative estimate of drug-likeness (QED) is 0.0205. The third kappa shape index (κ3) is 51.6. The maximum Gasteiger partial charge on any atom is 0.472 e. The number of phosphoric ester groups is 1. The van der Waals surface area contributed by atoms with Gasteiger partial charge >= 0.3 is 13.8 Å². The number of hydrogen-bond donors (Lipinski definition) is 2. The van der Waals surface area contributed by atoms with E-state index >= 15 is 0 Å². The fraction of sp³-hybridized carbons (Fsp3) is 0.933. The van der Waals surface area contributed by atoms with Gasteiger partial charge in [-0.3, -0.25) is 18.6 Å². The summed E-state index contributed by atoms with van der Waals surface area (Å²) in [6.07, 6.45) is 57.6. The maximum absolute atomic E-state index is 13.5. The molecule has 0 aromatic heterocycles. The second-order valence-corrected chi connectivity index (χ2v) is 23.7. The zero-order valence-corrected chi connectivity index (χ0v) is 48.4. The SMILES string of the molecule is CCCCCCCCCCCCC/C=C/C(OC(=O)CCCCCCCCCCCCCCCCC)C(COP(=O)(O)OCC[N+](C)(C)C)NC(=O)CCCCCCCCCCCCCCCCCC. The normalized spacial score (nSPS) is 13.8. The van der Waals surface area contributed by atoms with Crippen molar-refractivity contribution in [2.45, 2.75) is 322 Å². The van der Waals surface area contributed by atoms with Crippen molar-refractivity contribution in [1.82, 2.24) is 5.32 Å². The summed E-state index contributed by atoms with van der Waals surface area (Å²) in [5, 5.41) is 3.06. The number of likely N-dealkylation sites (N-methyl/N-ethyl adjacent to an activating group) is 1. The minimum atomic E-state index is -4.44. The molecule has 9 nitrogen and oxygen atoms in total. The smallest absolute Gasteiger partial charge is 0.456 e. The van der Waals surface area contributed by atoms with E-state index in [4.69, 9.17) is 13.8 Å². The van der Waals surface area contributed by atoms with Crippen molar-refractivity contribution in [1.29, 1.82) is 0 Å². The summed E-state index contributed by atoms with van der Waals surface area (Å²) >= 11 is 0. The highest BCUT2D eigenvalue weighted by Crippen LogP contribution is 2.43. The van der Waals surface area contributed by atoms with Crippen LogP contribution in [0.15, 0.2) is 12.2 Å². The highest BCUT2D eigenvalue weighted by atomic mass is 31.2. The predicted molar refractivity (Wildman–Crippen MR) is 300 cm³/mol. The summed E-state index contributed by atoms with van der Waals surface area (Å²) in [4.78, 5) is 37.6. The number of carbonyl (C=O) groups excluding carboxylic acids is 2. The van der Waals surface area contributed by atoms with Gasteiger partial charge < -0.3 is 19.4 Å². The van der Waals surface area contributed by atoms with Gasteiger partial charge in [0.05, 0.1) is 33.8 Å². The van der Waals surface area contributed by atoms with Crippen molar-refractivity contribution in [3.8, 4) is 0 Å². The monoisotopic (exact) mass is 1010 g/mol. The molecule has 416 valence electrons. The van der Waals surface area contributed by atoms with Crippen LogP contribution in [0, 0.1) is 0 Å². The van der Waals surface area contributed by atoms with Crippen molar-refractivity contribution in [2.24, 2.45) is 0 Å². The fourth-order valence-electron chi connectivity index (χ4n) is 9.24. The number of carbonyl (C=O) groups is 2. The standard InChI is InChI=1S/C60H119N2O7P/c1-7-10-13-16-19-22-25-28-30-32-34-37-40-43-46-49-52-59(63)61-57(56-68-70(65,66)67-55-54-62(4,5)6)58(51-48-45-42-39-36-33-27-24-21-18-15-12-9-3)69-60(64)53-50-47-44-41-38-35-31-29-26-23-20-17-14-11-8-2/h48,51,57-58H,7-47,49-50,52-56H2,1-6H3,(H-,61,63,65,66)/p+1/b51-48+. The number of quaternary nitrogens is 1. The molecule has 0 radical (unpaired) electrons. The molecule has 0 aliphatic rings. The molecule has 10 heteroatoms. The number of phosphoric acid groups is 1. The van der Waals surface area contributed by atoms with Gasteiger partial charge in [-0.25, -0.2) is 4.57 Å². The lowest BCUT2D eigenvalue weighted by molar-refractivity contribution is -0.870. The van der Waals surface area contributed by atoms with Crippen LogP contribution in [0.2, 0.25) is 0 Å². The van der Waals surface area contributed by atoms with Gasteiger partial charge in [-0.15, -0.1) is 0 Å². The van der Waals surface area contributed by atoms with E-state index in [1.165, 1.54) is 218 Å². The summed E-state index contributed by atoms with van der Waals surface area (Å²) < 4.78 is 30.7. The van der Waals surface area contributed by atoms with E-state index < -0.39 is 20.0 Å². The molecule has 0 aromatic rings. The van der Waals surface area contributed by atoms with Crippen LogP contribution in [0.4, 0.5) is 0 Å². The summed E-state index contributed by atoms with van der Waals surface area (Å²) in [5.41, 5.74) is 0. The van der Waals surface area contributed by atoms with E-state index in [0.29, 0.717) is 23.9 Å². The first kappa shape index (κ1) is 68.8. The number of amides is 1. The Morgan fingerprint density at radius 3 is 1.17 bits per heavy atom. The van der Waals surface area contributed by atoms with Gasteiger partial charge in [0.1, 0.15) is 19.3 Å². The fourth-order valence-corrected chi connectivity index (χ4v) is 9.97. The highest BCUT2D eigenvalue weighted by molar-refractivity contribution is 7.47. The number of nitrogens with zero attached hydrogens (tertiary/aromatic N) is 1. The molecule has 0 saturated carbocycles. The molecule has 70 heavy (non-hydrogen) atoms. The van der Waals surface area contributed by atoms with Crippen LogP contribution in [0.25, 0.3) is 0 Å². The first-order valence-electron chi connectivity index (χ1n) is 30.5. The number of ether oxygens (including phenoxy) is 1. The van der Waals surface area contributed by atoms with Crippen molar-refractivity contribution < 1.29 is 37.3 Å². The molecule has 0 heterocycles. The predicted octanol–water partition coefficient (Wildman–Crippen LogP) is 18.4. The second kappa shape index (κ2) is 51.2. The van der Waals surface area contributed by atoms with Gasteiger partial charge in [0.2, 0.25) is 5.91 Å². The maximum atomic E-state index is 13.5. The second-order valence-electron chi connectivity index (χ2n) is 22.2. The molecular weight excluding hydrogens is 892 g/mol. The Bertz CT molecular complexity index is 1210. The summed E-state index contributed by atoms with van der Waals surface area (Å²) in [6.45, 7) is 7.06. The van der Waals surface area contributed by atoms with Crippen molar-refractivity contribution in [2.75, 3.05) is 40.9 Å². The van der Waals surface area contributed by atoms with E-state index in [1.807, 2.05) is 33.3 Å². The zero-order valence-electron chi connectivity index (χ0n) is 47.5. The van der Waals surface area contributed by atoms with Crippen LogP contribution in [0.5, 0.6) is 0 Å². The Morgan fingerprint density at radius 1 is 0.486 bits per heavy atom. The van der Waals surface area contributed by atoms with Crippen LogP contribution in [0.3, 0.4) is 0 Å². The topological polar surface area (TPSA) is 111 Å². The Hall–Kier alpha value is -1.25. The van der Waals surface area contributed by atoms with Crippen molar-refractivity contribution in [3.05, 3.63) is 12.2 Å². The molecule has 0 rings (SSSR count). The molecule has 0 aliphatic heterocycles. The van der Waals surface area contributed by atoms with Gasteiger partial charge in [0.25, 0.3) is 0 Å². The van der Waals surface area contributed by atoms with E-state index in [9.17, 15) is 19.0 Å². The summed E-state index contributed by atoms with van der Waals surface area (Å²) in [7, 11) is 1.52. The molecule has 3 unspecified atom stereocenters. The highest BCUT2D eigenvalue weighted by Gasteiger charge is 2.30. The van der Waals surface area contributed by atoms with Crippen LogP contribution in [-0.4, -0.2) is 74.3 Å². The largest absolute Gasteiger partial charge is 0.472 e. The van der Waals surface area contributed by atoms with Crippen LogP contribution >= 0.6 is 7.82 Å². The van der Waals surface area contributed by atoms with Gasteiger partial charge in [-0.1, -0.05) is 277 Å². The molecule has 3 atom stereocenters. The van der Waals surface area contributed by atoms with Crippen LogP contribution in [-0.2, 0) is 27.9 Å². The van der Waals surface area contributed by atoms with Gasteiger partial charge in [0, 0.05) is 12.8 Å². The van der Waals surface area contributed by atoms with Gasteiger partial charge in [-0.05, 0) is 31.8 Å². The Labute approximate surface area is 435 Å². The third-order valence-electron chi connectivity index (χ3n) is 14.0. The summed E-state index contributed by atoms with van der Waals surface area (Å²) in [5.74, 6) is -0.484. The number of hydrogen-bond acceptors (Lipinski definition) is 6. The molecule has 2 N–H and O–H groups in total. The first-order chi connectivity index (χ1) is 33.9. The Kier molecular flexibility index (Phi) is 50.3. The van der Waals surface area contributed by atoms with Crippen molar-refractivity contribution in [3.63, 3.8) is 0 Å². The molecule has 0 spiro atoms. The Morgan fingerprint density at radius 2 is 0.814 bits per heavy atom. The summed E-state index contributed by atoms with van der Waals surface area (Å²) in [6, 6.07) is -0.838.